The summed E-state index contributed by atoms with van der Waals surface area (Å²) < 4.78 is 0. The van der Waals surface area contributed by atoms with Crippen molar-refractivity contribution in [3.63, 3.8) is 0 Å². The van der Waals surface area contributed by atoms with E-state index in [2.05, 4.69) is 19.9 Å². The van der Waals surface area contributed by atoms with E-state index in [9.17, 15) is 0 Å². The van der Waals surface area contributed by atoms with Crippen molar-refractivity contribution in [3.8, 4) is 0 Å². The van der Waals surface area contributed by atoms with Crippen molar-refractivity contribution in [1.29, 1.82) is 0 Å². The first kappa shape index (κ1) is 12.3. The minimum atomic E-state index is 0.503. The number of rotatable bonds is 3. The van der Waals surface area contributed by atoms with Gasteiger partial charge in [0.25, 0.3) is 0 Å². The summed E-state index contributed by atoms with van der Waals surface area (Å²) in [5.74, 6) is 0.743. The molecule has 2 rings (SSSR count). The van der Waals surface area contributed by atoms with E-state index >= 15 is 0 Å². The molecule has 0 saturated heterocycles. The van der Waals surface area contributed by atoms with Crippen molar-refractivity contribution >= 4 is 23.4 Å². The summed E-state index contributed by atoms with van der Waals surface area (Å²) in [6, 6.07) is 0. The zero-order valence-electron chi connectivity index (χ0n) is 9.51. The first-order valence-electron chi connectivity index (χ1n) is 5.17. The first-order valence-corrected chi connectivity index (χ1v) is 6.37. The number of halogens is 1. The maximum atomic E-state index is 6.06. The Morgan fingerprint density at radius 3 is 2.76 bits per heavy atom. The Hall–Kier alpha value is -1.20. The van der Waals surface area contributed by atoms with Crippen LogP contribution in [0.3, 0.4) is 0 Å². The van der Waals surface area contributed by atoms with Crippen molar-refractivity contribution in [1.82, 2.24) is 19.9 Å². The van der Waals surface area contributed by atoms with Crippen molar-refractivity contribution < 1.29 is 0 Å². The topological polar surface area (TPSA) is 51.6 Å². The van der Waals surface area contributed by atoms with Crippen LogP contribution in [0.2, 0.25) is 5.15 Å². The lowest BCUT2D eigenvalue weighted by molar-refractivity contribution is 0.870. The molecule has 0 aliphatic carbocycles. The molecule has 6 heteroatoms. The fourth-order valence-corrected chi connectivity index (χ4v) is 2.28. The van der Waals surface area contributed by atoms with Crippen LogP contribution in [0.5, 0.6) is 0 Å². The first-order chi connectivity index (χ1) is 8.20. The molecule has 0 spiro atoms. The minimum absolute atomic E-state index is 0.503. The van der Waals surface area contributed by atoms with Crippen LogP contribution in [-0.4, -0.2) is 19.9 Å². The fraction of sp³-hybridized carbons (Fsp3) is 0.273. The molecule has 0 aliphatic heterocycles. The van der Waals surface area contributed by atoms with Gasteiger partial charge in [-0.15, -0.1) is 0 Å². The summed E-state index contributed by atoms with van der Waals surface area (Å²) in [7, 11) is 0. The predicted molar refractivity (Wildman–Crippen MR) is 67.3 cm³/mol. The van der Waals surface area contributed by atoms with Gasteiger partial charge in [0, 0.05) is 24.4 Å². The molecule has 0 bridgehead atoms. The highest BCUT2D eigenvalue weighted by molar-refractivity contribution is 7.99. The lowest BCUT2D eigenvalue weighted by atomic mass is 10.3. The highest BCUT2D eigenvalue weighted by Crippen LogP contribution is 2.29. The lowest BCUT2D eigenvalue weighted by Crippen LogP contribution is -1.98. The van der Waals surface area contributed by atoms with Crippen molar-refractivity contribution in [2.24, 2.45) is 0 Å². The van der Waals surface area contributed by atoms with Crippen LogP contribution in [0, 0.1) is 6.92 Å². The zero-order valence-corrected chi connectivity index (χ0v) is 11.1. The van der Waals surface area contributed by atoms with Crippen LogP contribution in [0.25, 0.3) is 0 Å². The molecule has 0 aliphatic rings. The summed E-state index contributed by atoms with van der Waals surface area (Å²) in [4.78, 5) is 16.9. The predicted octanol–water partition coefficient (Wildman–Crippen LogP) is 2.94. The largest absolute Gasteiger partial charge is 0.260 e. The molecule has 4 nitrogen and oxygen atoms in total. The average molecular weight is 267 g/mol. The number of nitrogens with zero attached hydrogens (tertiary/aromatic N) is 4. The summed E-state index contributed by atoms with van der Waals surface area (Å²) in [5, 5.41) is 2.14. The van der Waals surface area contributed by atoms with Gasteiger partial charge < -0.3 is 0 Å². The maximum absolute atomic E-state index is 6.06. The summed E-state index contributed by atoms with van der Waals surface area (Å²) >= 11 is 7.51. The minimum Gasteiger partial charge on any atom is -0.260 e. The Bertz CT molecular complexity index is 518. The molecule has 0 atom stereocenters. The standard InChI is InChI=1S/C11H11ClN4S/c1-3-8-15-10(12)7(2)11(16-8)17-9-6-13-4-5-14-9/h4-6H,3H2,1-2H3. The Kier molecular flexibility index (Phi) is 3.91. The van der Waals surface area contributed by atoms with Gasteiger partial charge in [0.1, 0.15) is 21.0 Å². The van der Waals surface area contributed by atoms with E-state index in [4.69, 9.17) is 11.6 Å². The molecule has 0 radical (unpaired) electrons. The highest BCUT2D eigenvalue weighted by Gasteiger charge is 2.10. The molecule has 17 heavy (non-hydrogen) atoms. The van der Waals surface area contributed by atoms with Gasteiger partial charge in [-0.2, -0.15) is 0 Å². The van der Waals surface area contributed by atoms with E-state index in [1.165, 1.54) is 11.8 Å². The maximum Gasteiger partial charge on any atom is 0.136 e. The fourth-order valence-electron chi connectivity index (χ4n) is 1.21. The third-order valence-corrected chi connectivity index (χ3v) is 3.52. The second kappa shape index (κ2) is 5.42. The molecular formula is C11H11ClN4S. The summed E-state index contributed by atoms with van der Waals surface area (Å²) in [6.07, 6.45) is 5.75. The van der Waals surface area contributed by atoms with Crippen LogP contribution >= 0.6 is 23.4 Å². The van der Waals surface area contributed by atoms with Crippen LogP contribution in [0.4, 0.5) is 0 Å². The number of hydrogen-bond acceptors (Lipinski definition) is 5. The molecule has 0 saturated carbocycles. The van der Waals surface area contributed by atoms with E-state index in [1.54, 1.807) is 18.6 Å². The van der Waals surface area contributed by atoms with Crippen molar-refractivity contribution in [2.75, 3.05) is 0 Å². The number of aromatic nitrogens is 4. The molecule has 2 aromatic heterocycles. The van der Waals surface area contributed by atoms with E-state index < -0.39 is 0 Å². The van der Waals surface area contributed by atoms with Gasteiger partial charge >= 0.3 is 0 Å². The van der Waals surface area contributed by atoms with Crippen LogP contribution in [0.1, 0.15) is 18.3 Å². The van der Waals surface area contributed by atoms with Gasteiger partial charge in [-0.3, -0.25) is 4.98 Å². The SMILES string of the molecule is CCc1nc(Cl)c(C)c(Sc2cnccn2)n1. The Morgan fingerprint density at radius 2 is 2.12 bits per heavy atom. The Balaban J connectivity index is 2.35. The molecule has 88 valence electrons. The van der Waals surface area contributed by atoms with Gasteiger partial charge in [0.05, 0.1) is 6.20 Å². The smallest absolute Gasteiger partial charge is 0.136 e. The molecule has 0 unspecified atom stereocenters. The monoisotopic (exact) mass is 266 g/mol. The van der Waals surface area contributed by atoms with E-state index in [0.717, 1.165) is 27.9 Å². The van der Waals surface area contributed by atoms with E-state index in [0.29, 0.717) is 5.15 Å². The third kappa shape index (κ3) is 2.92. The van der Waals surface area contributed by atoms with E-state index in [1.807, 2.05) is 13.8 Å². The Labute approximate surface area is 109 Å². The Morgan fingerprint density at radius 1 is 1.29 bits per heavy atom. The van der Waals surface area contributed by atoms with Crippen molar-refractivity contribution in [3.05, 3.63) is 35.1 Å². The molecule has 2 heterocycles. The zero-order chi connectivity index (χ0) is 12.3. The van der Waals surface area contributed by atoms with Crippen LogP contribution < -0.4 is 0 Å². The summed E-state index contributed by atoms with van der Waals surface area (Å²) in [6.45, 7) is 3.90. The van der Waals surface area contributed by atoms with Gasteiger partial charge in [0.15, 0.2) is 0 Å². The van der Waals surface area contributed by atoms with Gasteiger partial charge in [0.2, 0.25) is 0 Å². The van der Waals surface area contributed by atoms with Gasteiger partial charge in [-0.1, -0.05) is 18.5 Å². The molecule has 0 amide bonds. The lowest BCUT2D eigenvalue weighted by Gasteiger charge is -2.07. The molecule has 0 aromatic carbocycles. The summed E-state index contributed by atoms with van der Waals surface area (Å²) in [5.41, 5.74) is 0.875. The number of aryl methyl sites for hydroxylation is 1. The molecular weight excluding hydrogens is 256 g/mol. The second-order valence-corrected chi connectivity index (χ2v) is 4.73. The van der Waals surface area contributed by atoms with Gasteiger partial charge in [-0.25, -0.2) is 15.0 Å². The molecule has 0 fully saturated rings. The average Bonchev–Trinajstić information content (AvgIpc) is 2.36. The quantitative estimate of drug-likeness (QED) is 0.800. The third-order valence-electron chi connectivity index (χ3n) is 2.15. The van der Waals surface area contributed by atoms with Crippen LogP contribution in [-0.2, 0) is 6.42 Å². The second-order valence-electron chi connectivity index (χ2n) is 3.36. The highest BCUT2D eigenvalue weighted by atomic mass is 35.5. The van der Waals surface area contributed by atoms with E-state index in [-0.39, 0.29) is 0 Å². The van der Waals surface area contributed by atoms with Crippen LogP contribution in [0.15, 0.2) is 28.6 Å². The normalized spacial score (nSPS) is 10.5. The number of hydrogen-bond donors (Lipinski definition) is 0. The molecule has 2 aromatic rings. The van der Waals surface area contributed by atoms with Gasteiger partial charge in [-0.05, 0) is 18.7 Å². The molecule has 0 N–H and O–H groups in total. The van der Waals surface area contributed by atoms with Crippen molar-refractivity contribution in [2.45, 2.75) is 30.3 Å².